The Labute approximate surface area is 151 Å². The first kappa shape index (κ1) is 17.8. The maximum atomic E-state index is 12.9. The number of nitrogens with zero attached hydrogens (tertiary/aromatic N) is 1. The predicted molar refractivity (Wildman–Crippen MR) is 94.3 cm³/mol. The summed E-state index contributed by atoms with van der Waals surface area (Å²) < 4.78 is 5.15. The zero-order valence-corrected chi connectivity index (χ0v) is 14.3. The molecule has 1 saturated heterocycles. The molecule has 1 aliphatic rings. The van der Waals surface area contributed by atoms with E-state index in [0.717, 1.165) is 5.56 Å². The second-order valence-corrected chi connectivity index (χ2v) is 6.19. The molecule has 26 heavy (non-hydrogen) atoms. The zero-order valence-electron chi connectivity index (χ0n) is 14.3. The first-order valence-electron chi connectivity index (χ1n) is 8.31. The molecule has 0 saturated carbocycles. The van der Waals surface area contributed by atoms with Gasteiger partial charge in [-0.05, 0) is 13.0 Å². The quantitative estimate of drug-likeness (QED) is 0.852. The highest BCUT2D eigenvalue weighted by Gasteiger charge is 2.31. The van der Waals surface area contributed by atoms with E-state index in [1.54, 1.807) is 36.4 Å². The smallest absolute Gasteiger partial charge is 0.334 e. The van der Waals surface area contributed by atoms with Gasteiger partial charge in [0.2, 0.25) is 0 Å². The molecule has 0 aliphatic carbocycles. The molecule has 1 amide bonds. The van der Waals surface area contributed by atoms with Gasteiger partial charge in [0.05, 0.1) is 18.7 Å². The Morgan fingerprint density at radius 2 is 1.69 bits per heavy atom. The number of hydrogen-bond acceptors (Lipinski definition) is 4. The number of benzene rings is 2. The van der Waals surface area contributed by atoms with Crippen molar-refractivity contribution in [3.63, 3.8) is 0 Å². The van der Waals surface area contributed by atoms with Crippen molar-refractivity contribution in [3.8, 4) is 0 Å². The van der Waals surface area contributed by atoms with Crippen LogP contribution in [0.3, 0.4) is 0 Å². The van der Waals surface area contributed by atoms with Crippen molar-refractivity contribution in [2.45, 2.75) is 13.0 Å². The highest BCUT2D eigenvalue weighted by atomic mass is 16.5. The summed E-state index contributed by atoms with van der Waals surface area (Å²) >= 11 is 0. The van der Waals surface area contributed by atoms with Crippen molar-refractivity contribution >= 4 is 17.7 Å². The molecule has 1 unspecified atom stereocenters. The Hall–Kier alpha value is -2.99. The lowest BCUT2D eigenvalue weighted by Crippen LogP contribution is -2.48. The van der Waals surface area contributed by atoms with E-state index in [2.05, 4.69) is 0 Å². The number of aliphatic carboxylic acids is 1. The van der Waals surface area contributed by atoms with Crippen molar-refractivity contribution in [1.82, 2.24) is 4.90 Å². The van der Waals surface area contributed by atoms with Crippen LogP contribution in [0, 0.1) is 6.92 Å². The van der Waals surface area contributed by atoms with E-state index in [9.17, 15) is 14.4 Å². The predicted octanol–water partition coefficient (Wildman–Crippen LogP) is 2.15. The van der Waals surface area contributed by atoms with Crippen molar-refractivity contribution in [3.05, 3.63) is 70.8 Å². The molecular weight excluding hydrogens is 334 g/mol. The minimum atomic E-state index is -1.11. The van der Waals surface area contributed by atoms with Gasteiger partial charge in [-0.25, -0.2) is 4.79 Å². The molecule has 0 spiro atoms. The summed E-state index contributed by atoms with van der Waals surface area (Å²) in [5.41, 5.74) is 2.11. The minimum absolute atomic E-state index is 0.0405. The van der Waals surface area contributed by atoms with Crippen LogP contribution in [0.5, 0.6) is 0 Å². The Morgan fingerprint density at radius 3 is 2.35 bits per heavy atom. The number of carboxylic acid groups (broad SMARTS) is 1. The number of hydrogen-bond donors (Lipinski definition) is 1. The summed E-state index contributed by atoms with van der Waals surface area (Å²) in [6.07, 6.45) is -1.05. The number of amides is 1. The van der Waals surface area contributed by atoms with E-state index in [4.69, 9.17) is 9.84 Å². The van der Waals surface area contributed by atoms with Gasteiger partial charge in [-0.3, -0.25) is 9.59 Å². The highest BCUT2D eigenvalue weighted by Crippen LogP contribution is 2.19. The summed E-state index contributed by atoms with van der Waals surface area (Å²) in [6, 6.07) is 13.8. The van der Waals surface area contributed by atoms with E-state index >= 15 is 0 Å². The number of morpholine rings is 1. The standard InChI is InChI=1S/C20H19NO5/c1-13-6-8-14(9-7-13)18(22)15-4-2-3-5-16(15)19(23)21-10-11-26-17(12-21)20(24)25/h2-9,17H,10-12H2,1H3,(H,24,25). The van der Waals surface area contributed by atoms with Crippen LogP contribution >= 0.6 is 0 Å². The van der Waals surface area contributed by atoms with Crippen molar-refractivity contribution in [1.29, 1.82) is 0 Å². The van der Waals surface area contributed by atoms with E-state index in [-0.39, 0.29) is 37.0 Å². The second-order valence-electron chi connectivity index (χ2n) is 6.19. The lowest BCUT2D eigenvalue weighted by atomic mass is 9.97. The highest BCUT2D eigenvalue weighted by molar-refractivity contribution is 6.15. The molecule has 1 fully saturated rings. The molecule has 0 radical (unpaired) electrons. The topological polar surface area (TPSA) is 83.9 Å². The van der Waals surface area contributed by atoms with Gasteiger partial charge >= 0.3 is 5.97 Å². The maximum Gasteiger partial charge on any atom is 0.334 e. The monoisotopic (exact) mass is 353 g/mol. The fraction of sp³-hybridized carbons (Fsp3) is 0.250. The number of carboxylic acids is 1. The van der Waals surface area contributed by atoms with Gasteiger partial charge in [0.25, 0.3) is 5.91 Å². The molecule has 1 N–H and O–H groups in total. The van der Waals surface area contributed by atoms with Crippen LogP contribution < -0.4 is 0 Å². The first-order chi connectivity index (χ1) is 12.5. The third-order valence-corrected chi connectivity index (χ3v) is 4.34. The first-order valence-corrected chi connectivity index (χ1v) is 8.31. The van der Waals surface area contributed by atoms with E-state index in [1.807, 2.05) is 19.1 Å². The van der Waals surface area contributed by atoms with Crippen LogP contribution in [0.1, 0.15) is 31.8 Å². The molecule has 6 heteroatoms. The number of aryl methyl sites for hydroxylation is 1. The zero-order chi connectivity index (χ0) is 18.7. The van der Waals surface area contributed by atoms with Gasteiger partial charge in [-0.15, -0.1) is 0 Å². The third-order valence-electron chi connectivity index (χ3n) is 4.34. The van der Waals surface area contributed by atoms with Crippen molar-refractivity contribution in [2.75, 3.05) is 19.7 Å². The average Bonchev–Trinajstić information content (AvgIpc) is 2.67. The Balaban J connectivity index is 1.89. The van der Waals surface area contributed by atoms with Gasteiger partial charge in [0.15, 0.2) is 11.9 Å². The molecule has 134 valence electrons. The number of rotatable bonds is 4. The summed E-state index contributed by atoms with van der Waals surface area (Å²) in [6.45, 7) is 2.33. The molecule has 6 nitrogen and oxygen atoms in total. The number of carbonyl (C=O) groups is 3. The Bertz CT molecular complexity index is 844. The summed E-state index contributed by atoms with van der Waals surface area (Å²) in [5.74, 6) is -1.71. The summed E-state index contributed by atoms with van der Waals surface area (Å²) in [5, 5.41) is 9.11. The summed E-state index contributed by atoms with van der Waals surface area (Å²) in [7, 11) is 0. The van der Waals surface area contributed by atoms with E-state index in [0.29, 0.717) is 11.1 Å². The molecule has 0 bridgehead atoms. The molecule has 0 aromatic heterocycles. The van der Waals surface area contributed by atoms with Crippen LogP contribution in [0.4, 0.5) is 0 Å². The molecule has 1 heterocycles. The van der Waals surface area contributed by atoms with Crippen molar-refractivity contribution in [2.24, 2.45) is 0 Å². The summed E-state index contributed by atoms with van der Waals surface area (Å²) in [4.78, 5) is 38.3. The third kappa shape index (κ3) is 3.65. The van der Waals surface area contributed by atoms with Crippen LogP contribution in [0.25, 0.3) is 0 Å². The molecule has 3 rings (SSSR count). The van der Waals surface area contributed by atoms with Gasteiger partial charge in [-0.2, -0.15) is 0 Å². The largest absolute Gasteiger partial charge is 0.479 e. The van der Waals surface area contributed by atoms with Crippen LogP contribution in [0.15, 0.2) is 48.5 Å². The molecule has 2 aromatic rings. The second kappa shape index (κ2) is 7.49. The Kier molecular flexibility index (Phi) is 5.14. The number of ketones is 1. The average molecular weight is 353 g/mol. The Morgan fingerprint density at radius 1 is 1.04 bits per heavy atom. The number of ether oxygens (including phenoxy) is 1. The molecule has 1 atom stereocenters. The fourth-order valence-corrected chi connectivity index (χ4v) is 2.88. The lowest BCUT2D eigenvalue weighted by Gasteiger charge is -2.31. The molecule has 1 aliphatic heterocycles. The van der Waals surface area contributed by atoms with Crippen LogP contribution in [-0.2, 0) is 9.53 Å². The molecule has 2 aromatic carbocycles. The minimum Gasteiger partial charge on any atom is -0.479 e. The van der Waals surface area contributed by atoms with Crippen molar-refractivity contribution < 1.29 is 24.2 Å². The lowest BCUT2D eigenvalue weighted by molar-refractivity contribution is -0.154. The van der Waals surface area contributed by atoms with Crippen LogP contribution in [0.2, 0.25) is 0 Å². The normalized spacial score (nSPS) is 17.0. The van der Waals surface area contributed by atoms with Gasteiger partial charge in [0.1, 0.15) is 0 Å². The van der Waals surface area contributed by atoms with Gasteiger partial charge < -0.3 is 14.7 Å². The van der Waals surface area contributed by atoms with E-state index < -0.39 is 12.1 Å². The molecular formula is C20H19NO5. The number of carbonyl (C=O) groups excluding carboxylic acids is 2. The SMILES string of the molecule is Cc1ccc(C(=O)c2ccccc2C(=O)N2CCOC(C(=O)O)C2)cc1. The van der Waals surface area contributed by atoms with E-state index in [1.165, 1.54) is 4.90 Å². The van der Waals surface area contributed by atoms with Gasteiger partial charge in [0, 0.05) is 17.7 Å². The van der Waals surface area contributed by atoms with Gasteiger partial charge in [-0.1, -0.05) is 48.0 Å². The maximum absolute atomic E-state index is 12.9. The van der Waals surface area contributed by atoms with Crippen LogP contribution in [-0.4, -0.2) is 53.5 Å². The fourth-order valence-electron chi connectivity index (χ4n) is 2.88.